The predicted molar refractivity (Wildman–Crippen MR) is 222 cm³/mol. The molecule has 0 aromatic heterocycles. The van der Waals surface area contributed by atoms with Crippen LogP contribution in [-0.4, -0.2) is 139 Å². The highest BCUT2D eigenvalue weighted by atomic mass is 32.2. The number of halogens is 3. The monoisotopic (exact) mass is 917 g/mol. The first-order valence-corrected chi connectivity index (χ1v) is 23.1. The van der Waals surface area contributed by atoms with Gasteiger partial charge >= 0.3 is 5.97 Å². The van der Waals surface area contributed by atoms with Gasteiger partial charge in [-0.1, -0.05) is 19.1 Å². The minimum Gasteiger partial charge on any atom is -0.461 e. The summed E-state index contributed by atoms with van der Waals surface area (Å²) in [5.41, 5.74) is 0.481. The molecule has 0 radical (unpaired) electrons. The van der Waals surface area contributed by atoms with E-state index in [1.54, 1.807) is 19.9 Å². The fourth-order valence-corrected chi connectivity index (χ4v) is 9.67. The van der Waals surface area contributed by atoms with E-state index in [-0.39, 0.29) is 61.7 Å². The standard InChI is InChI=1S/C43H54F3N7O10S/c1-5-64(61,62)50-30-19-35-42(59)51-11-7-6-8-34(51)39(56)47-25(4)40(57)52-20-24(3)13-36(52)43(60)63-22-33(41(58)53(35)21-30)49-38(55)32(16-26-14-28(44)18-29(45)15-26)48-37(54)17-27-10-9-23(2)12-31(27)46/h9-10,12,14-15,18,24-25,30,32-36,50H,5-8,11,13,16-17,19-22H2,1-4H3,(H,47,56)(H,48,54)(H,49,55)/t24-,25+,30?,32+,33+,34+,35+,36+/m1/s1. The second-order valence-corrected chi connectivity index (χ2v) is 19.2. The molecule has 8 atom stereocenters. The van der Waals surface area contributed by atoms with Crippen LogP contribution in [0.2, 0.25) is 0 Å². The van der Waals surface area contributed by atoms with E-state index in [1.807, 2.05) is 0 Å². The number of hydrogen-bond acceptors (Lipinski definition) is 10. The second kappa shape index (κ2) is 20.1. The number of hydrogen-bond donors (Lipinski definition) is 4. The molecular weight excluding hydrogens is 864 g/mol. The maximum atomic E-state index is 14.9. The summed E-state index contributed by atoms with van der Waals surface area (Å²) in [4.78, 5) is 102. The number of cyclic esters (lactones) is 1. The molecule has 4 aliphatic rings. The van der Waals surface area contributed by atoms with Crippen molar-refractivity contribution in [2.45, 2.75) is 115 Å². The lowest BCUT2D eigenvalue weighted by molar-refractivity contribution is -0.158. The largest absolute Gasteiger partial charge is 0.461 e. The summed E-state index contributed by atoms with van der Waals surface area (Å²) >= 11 is 0. The van der Waals surface area contributed by atoms with Gasteiger partial charge in [-0.05, 0) is 93.7 Å². The summed E-state index contributed by atoms with van der Waals surface area (Å²) in [6.07, 6.45) is 0.107. The molecule has 2 aromatic rings. The van der Waals surface area contributed by atoms with Crippen molar-refractivity contribution < 1.29 is 59.9 Å². The lowest BCUT2D eigenvalue weighted by atomic mass is 9.99. The minimum atomic E-state index is -3.90. The first-order valence-electron chi connectivity index (χ1n) is 21.4. The minimum absolute atomic E-state index is 0.0201. The zero-order chi connectivity index (χ0) is 46.6. The van der Waals surface area contributed by atoms with Gasteiger partial charge in [0.25, 0.3) is 0 Å². The fourth-order valence-electron chi connectivity index (χ4n) is 8.83. The average Bonchev–Trinajstić information content (AvgIpc) is 3.84. The van der Waals surface area contributed by atoms with Crippen LogP contribution in [0.5, 0.6) is 0 Å². The molecule has 2 aromatic carbocycles. The van der Waals surface area contributed by atoms with Crippen LogP contribution < -0.4 is 20.7 Å². The molecule has 4 fully saturated rings. The number of amides is 6. The van der Waals surface area contributed by atoms with Crippen molar-refractivity contribution in [1.82, 2.24) is 35.4 Å². The van der Waals surface area contributed by atoms with Gasteiger partial charge in [-0.25, -0.2) is 31.1 Å². The Morgan fingerprint density at radius 1 is 0.875 bits per heavy atom. The van der Waals surface area contributed by atoms with E-state index in [1.165, 1.54) is 35.8 Å². The highest BCUT2D eigenvalue weighted by Crippen LogP contribution is 2.29. The first-order chi connectivity index (χ1) is 30.2. The number of benzene rings is 2. The lowest BCUT2D eigenvalue weighted by Crippen LogP contribution is -2.62. The van der Waals surface area contributed by atoms with E-state index in [0.717, 1.165) is 17.0 Å². The molecule has 17 nitrogen and oxygen atoms in total. The average molecular weight is 918 g/mol. The maximum absolute atomic E-state index is 14.9. The van der Waals surface area contributed by atoms with Gasteiger partial charge in [0.05, 0.1) is 12.2 Å². The number of carbonyl (C=O) groups is 7. The molecule has 0 saturated carbocycles. The summed E-state index contributed by atoms with van der Waals surface area (Å²) in [6.45, 7) is 5.28. The Morgan fingerprint density at radius 3 is 2.27 bits per heavy atom. The molecule has 4 aliphatic heterocycles. The maximum Gasteiger partial charge on any atom is 0.328 e. The van der Waals surface area contributed by atoms with Crippen LogP contribution in [0.3, 0.4) is 0 Å². The number of rotatable bonds is 10. The number of sulfonamides is 1. The number of piperidine rings is 1. The van der Waals surface area contributed by atoms with Gasteiger partial charge < -0.3 is 35.4 Å². The molecule has 1 unspecified atom stereocenters. The van der Waals surface area contributed by atoms with Gasteiger partial charge in [0, 0.05) is 38.2 Å². The van der Waals surface area contributed by atoms with Crippen LogP contribution in [0.4, 0.5) is 13.2 Å². The summed E-state index contributed by atoms with van der Waals surface area (Å²) in [5, 5.41) is 7.65. The summed E-state index contributed by atoms with van der Waals surface area (Å²) in [7, 11) is -3.90. The van der Waals surface area contributed by atoms with Gasteiger partial charge in [0.2, 0.25) is 45.5 Å². The SMILES string of the molecule is CCS(=O)(=O)NC1C[C@H]2C(=O)N3CCCC[C@H]3C(=O)N[C@@H](C)C(=O)N3C[C@H](C)C[C@H]3C(=O)OC[C@H](NC(=O)[C@H](Cc3cc(F)cc(F)c3)NC(=O)Cc3ccc(C)cc3F)C(=O)N2C1. The fraction of sp³-hybridized carbons (Fsp3) is 0.558. The third-order valence-corrected chi connectivity index (χ3v) is 13.5. The van der Waals surface area contributed by atoms with Gasteiger partial charge in [-0.3, -0.25) is 28.8 Å². The molecule has 348 valence electrons. The molecule has 0 aliphatic carbocycles. The van der Waals surface area contributed by atoms with Crippen LogP contribution in [0.15, 0.2) is 36.4 Å². The third kappa shape index (κ3) is 11.4. The van der Waals surface area contributed by atoms with Crippen molar-refractivity contribution in [1.29, 1.82) is 0 Å². The van der Waals surface area contributed by atoms with E-state index in [9.17, 15) is 55.2 Å². The molecule has 4 heterocycles. The topological polar surface area (TPSA) is 221 Å². The molecule has 6 amide bonds. The third-order valence-electron chi connectivity index (χ3n) is 12.1. The van der Waals surface area contributed by atoms with Crippen LogP contribution >= 0.6 is 0 Å². The van der Waals surface area contributed by atoms with Crippen LogP contribution in [-0.2, 0) is 61.2 Å². The lowest BCUT2D eigenvalue weighted by Gasteiger charge is -2.39. The highest BCUT2D eigenvalue weighted by Gasteiger charge is 2.48. The molecular formula is C43H54F3N7O10S. The summed E-state index contributed by atoms with van der Waals surface area (Å²) < 4.78 is 77.3. The molecule has 0 spiro atoms. The number of ether oxygens (including phenoxy) is 1. The Hall–Kier alpha value is -5.57. The van der Waals surface area contributed by atoms with E-state index in [0.29, 0.717) is 24.5 Å². The summed E-state index contributed by atoms with van der Waals surface area (Å²) in [6, 6.07) is -2.63. The van der Waals surface area contributed by atoms with E-state index < -0.39 is 131 Å². The Morgan fingerprint density at radius 2 is 1.58 bits per heavy atom. The molecule has 4 N–H and O–H groups in total. The van der Waals surface area contributed by atoms with E-state index in [4.69, 9.17) is 4.74 Å². The van der Waals surface area contributed by atoms with Crippen molar-refractivity contribution in [2.75, 3.05) is 32.0 Å². The number of fused-ring (bicyclic) bond motifs is 3. The van der Waals surface area contributed by atoms with Gasteiger partial charge in [-0.2, -0.15) is 0 Å². The second-order valence-electron chi connectivity index (χ2n) is 17.1. The number of carbonyl (C=O) groups excluding carboxylic acids is 7. The zero-order valence-corrected chi connectivity index (χ0v) is 36.9. The van der Waals surface area contributed by atoms with Gasteiger partial charge in [0.15, 0.2) is 0 Å². The van der Waals surface area contributed by atoms with Crippen LogP contribution in [0.25, 0.3) is 0 Å². The van der Waals surface area contributed by atoms with Crippen molar-refractivity contribution in [3.63, 3.8) is 0 Å². The molecule has 0 bridgehead atoms. The van der Waals surface area contributed by atoms with Gasteiger partial charge in [-0.15, -0.1) is 0 Å². The normalized spacial score (nSPS) is 26.4. The Balaban J connectivity index is 1.38. The van der Waals surface area contributed by atoms with Crippen molar-refractivity contribution >= 4 is 51.4 Å². The Bertz CT molecular complexity index is 2260. The summed E-state index contributed by atoms with van der Waals surface area (Å²) in [5.74, 6) is -9.04. The van der Waals surface area contributed by atoms with Gasteiger partial charge in [0.1, 0.15) is 60.3 Å². The molecule has 4 saturated heterocycles. The molecule has 64 heavy (non-hydrogen) atoms. The zero-order valence-electron chi connectivity index (χ0n) is 36.0. The molecule has 6 rings (SSSR count). The number of esters is 1. The van der Waals surface area contributed by atoms with E-state index >= 15 is 0 Å². The molecule has 21 heteroatoms. The number of aryl methyl sites for hydroxylation is 1. The van der Waals surface area contributed by atoms with Crippen LogP contribution in [0.1, 0.15) is 69.6 Å². The first kappa shape index (κ1) is 47.9. The Labute approximate surface area is 369 Å². The quantitative estimate of drug-likeness (QED) is 0.245. The van der Waals surface area contributed by atoms with Crippen molar-refractivity contribution in [3.8, 4) is 0 Å². The van der Waals surface area contributed by atoms with Crippen molar-refractivity contribution in [3.05, 3.63) is 70.5 Å². The van der Waals surface area contributed by atoms with Crippen LogP contribution in [0, 0.1) is 30.3 Å². The van der Waals surface area contributed by atoms with Crippen molar-refractivity contribution in [2.24, 2.45) is 5.92 Å². The van der Waals surface area contributed by atoms with E-state index in [2.05, 4.69) is 20.7 Å². The Kier molecular flexibility index (Phi) is 15.0. The predicted octanol–water partition coefficient (Wildman–Crippen LogP) is 0.756. The highest BCUT2D eigenvalue weighted by molar-refractivity contribution is 7.89. The number of nitrogens with zero attached hydrogens (tertiary/aromatic N) is 3. The smallest absolute Gasteiger partial charge is 0.328 e. The number of nitrogens with one attached hydrogen (secondary N) is 4.